The van der Waals surface area contributed by atoms with Gasteiger partial charge in [0.2, 0.25) is 11.8 Å². The molecule has 0 radical (unpaired) electrons. The molecule has 1 saturated carbocycles. The predicted molar refractivity (Wildman–Crippen MR) is 99.6 cm³/mol. The number of amides is 2. The molecule has 0 unspecified atom stereocenters. The third kappa shape index (κ3) is 4.74. The number of nitrogens with zero attached hydrogens (tertiary/aromatic N) is 3. The molecule has 25 heavy (non-hydrogen) atoms. The Balaban J connectivity index is 1.47. The highest BCUT2D eigenvalue weighted by Gasteiger charge is 2.34. The van der Waals surface area contributed by atoms with Crippen LogP contribution in [0, 0.1) is 5.92 Å². The minimum Gasteiger partial charge on any atom is -0.378 e. The third-order valence-electron chi connectivity index (χ3n) is 5.17. The summed E-state index contributed by atoms with van der Waals surface area (Å²) in [7, 11) is 4.05. The highest BCUT2D eigenvalue weighted by atomic mass is 16.2. The monoisotopic (exact) mass is 343 g/mol. The Labute approximate surface area is 150 Å². The summed E-state index contributed by atoms with van der Waals surface area (Å²) >= 11 is 0. The lowest BCUT2D eigenvalue weighted by molar-refractivity contribution is -0.134. The van der Waals surface area contributed by atoms with Crippen LogP contribution < -0.4 is 4.90 Å². The van der Waals surface area contributed by atoms with E-state index in [9.17, 15) is 9.59 Å². The summed E-state index contributed by atoms with van der Waals surface area (Å²) in [5.41, 5.74) is 2.36. The normalized spacial score (nSPS) is 18.0. The summed E-state index contributed by atoms with van der Waals surface area (Å²) in [4.78, 5) is 30.7. The summed E-state index contributed by atoms with van der Waals surface area (Å²) in [6.07, 6.45) is 4.29. The molecule has 1 aliphatic carbocycles. The lowest BCUT2D eigenvalue weighted by Gasteiger charge is -2.22. The van der Waals surface area contributed by atoms with Crippen molar-refractivity contribution in [2.24, 2.45) is 5.92 Å². The Morgan fingerprint density at radius 3 is 2.28 bits per heavy atom. The number of benzene rings is 1. The van der Waals surface area contributed by atoms with Gasteiger partial charge in [-0.1, -0.05) is 12.1 Å². The van der Waals surface area contributed by atoms with Crippen LogP contribution in [-0.2, 0) is 16.0 Å². The SMILES string of the molecule is CN(C)c1ccc(CCC(=O)N2CCCN(C(=O)C3CC3)CC2)cc1. The third-order valence-corrected chi connectivity index (χ3v) is 5.17. The Bertz CT molecular complexity index is 608. The molecule has 1 saturated heterocycles. The van der Waals surface area contributed by atoms with E-state index >= 15 is 0 Å². The maximum atomic E-state index is 12.5. The molecular weight excluding hydrogens is 314 g/mol. The Kier molecular flexibility index (Phi) is 5.61. The van der Waals surface area contributed by atoms with Crippen molar-refractivity contribution in [2.45, 2.75) is 32.1 Å². The largest absolute Gasteiger partial charge is 0.378 e. The van der Waals surface area contributed by atoms with Crippen molar-refractivity contribution in [1.29, 1.82) is 0 Å². The molecule has 5 heteroatoms. The van der Waals surface area contributed by atoms with Gasteiger partial charge < -0.3 is 14.7 Å². The fraction of sp³-hybridized carbons (Fsp3) is 0.600. The van der Waals surface area contributed by atoms with Gasteiger partial charge in [-0.25, -0.2) is 0 Å². The molecule has 1 aromatic rings. The summed E-state index contributed by atoms with van der Waals surface area (Å²) in [6, 6.07) is 8.38. The minimum absolute atomic E-state index is 0.206. The van der Waals surface area contributed by atoms with Crippen molar-refractivity contribution in [1.82, 2.24) is 9.80 Å². The van der Waals surface area contributed by atoms with Crippen LogP contribution in [0.3, 0.4) is 0 Å². The first-order valence-electron chi connectivity index (χ1n) is 9.37. The van der Waals surface area contributed by atoms with Crippen molar-refractivity contribution in [3.05, 3.63) is 29.8 Å². The van der Waals surface area contributed by atoms with Crippen LogP contribution in [0.4, 0.5) is 5.69 Å². The fourth-order valence-corrected chi connectivity index (χ4v) is 3.35. The van der Waals surface area contributed by atoms with Crippen LogP contribution in [0.25, 0.3) is 0 Å². The first-order chi connectivity index (χ1) is 12.0. The van der Waals surface area contributed by atoms with E-state index in [1.165, 1.54) is 11.3 Å². The molecule has 2 amide bonds. The van der Waals surface area contributed by atoms with Crippen LogP contribution in [0.15, 0.2) is 24.3 Å². The van der Waals surface area contributed by atoms with Crippen molar-refractivity contribution >= 4 is 17.5 Å². The van der Waals surface area contributed by atoms with Crippen LogP contribution in [-0.4, -0.2) is 61.9 Å². The van der Waals surface area contributed by atoms with Gasteiger partial charge in [0.05, 0.1) is 0 Å². The number of anilines is 1. The van der Waals surface area contributed by atoms with Crippen LogP contribution in [0.1, 0.15) is 31.2 Å². The second-order valence-corrected chi connectivity index (χ2v) is 7.39. The van der Waals surface area contributed by atoms with E-state index in [-0.39, 0.29) is 11.8 Å². The van der Waals surface area contributed by atoms with E-state index in [1.54, 1.807) is 0 Å². The average Bonchev–Trinajstić information content (AvgIpc) is 3.45. The molecule has 0 bridgehead atoms. The average molecular weight is 343 g/mol. The molecule has 2 fully saturated rings. The highest BCUT2D eigenvalue weighted by molar-refractivity contribution is 5.81. The van der Waals surface area contributed by atoms with Crippen LogP contribution in [0.2, 0.25) is 0 Å². The van der Waals surface area contributed by atoms with E-state index in [2.05, 4.69) is 29.2 Å². The first-order valence-corrected chi connectivity index (χ1v) is 9.37. The minimum atomic E-state index is 0.206. The molecule has 136 valence electrons. The molecule has 1 aromatic carbocycles. The quantitative estimate of drug-likeness (QED) is 0.823. The molecule has 1 heterocycles. The van der Waals surface area contributed by atoms with Gasteiger partial charge in [0, 0.05) is 58.3 Å². The summed E-state index contributed by atoms with van der Waals surface area (Å²) in [5.74, 6) is 0.778. The van der Waals surface area contributed by atoms with Crippen molar-refractivity contribution in [3.63, 3.8) is 0 Å². The number of carbonyl (C=O) groups excluding carboxylic acids is 2. The maximum Gasteiger partial charge on any atom is 0.225 e. The molecule has 1 aliphatic heterocycles. The number of aryl methyl sites for hydroxylation is 1. The Hall–Kier alpha value is -2.04. The maximum absolute atomic E-state index is 12.5. The number of carbonyl (C=O) groups is 2. The number of rotatable bonds is 5. The van der Waals surface area contributed by atoms with E-state index in [0.29, 0.717) is 25.4 Å². The van der Waals surface area contributed by atoms with Crippen molar-refractivity contribution in [3.8, 4) is 0 Å². The predicted octanol–water partition coefficient (Wildman–Crippen LogP) is 2.16. The Morgan fingerprint density at radius 2 is 1.64 bits per heavy atom. The van der Waals surface area contributed by atoms with Gasteiger partial charge in [-0.3, -0.25) is 9.59 Å². The lowest BCUT2D eigenvalue weighted by atomic mass is 10.1. The van der Waals surface area contributed by atoms with Crippen LogP contribution >= 0.6 is 0 Å². The molecule has 0 spiro atoms. The topological polar surface area (TPSA) is 43.9 Å². The van der Waals surface area contributed by atoms with E-state index in [1.807, 2.05) is 23.9 Å². The van der Waals surface area contributed by atoms with Crippen LogP contribution in [0.5, 0.6) is 0 Å². The van der Waals surface area contributed by atoms with Gasteiger partial charge in [0.1, 0.15) is 0 Å². The highest BCUT2D eigenvalue weighted by Crippen LogP contribution is 2.31. The van der Waals surface area contributed by atoms with Crippen molar-refractivity contribution in [2.75, 3.05) is 45.2 Å². The molecule has 3 rings (SSSR count). The van der Waals surface area contributed by atoms with E-state index in [4.69, 9.17) is 0 Å². The fourth-order valence-electron chi connectivity index (χ4n) is 3.35. The standard InChI is InChI=1S/C20H29N3O2/c1-21(2)18-9-4-16(5-10-18)6-11-19(24)22-12-3-13-23(15-14-22)20(25)17-7-8-17/h4-5,9-10,17H,3,6-8,11-15H2,1-2H3. The second kappa shape index (κ2) is 7.89. The zero-order chi connectivity index (χ0) is 17.8. The first kappa shape index (κ1) is 17.8. The summed E-state index contributed by atoms with van der Waals surface area (Å²) in [5, 5.41) is 0. The van der Waals surface area contributed by atoms with E-state index in [0.717, 1.165) is 38.8 Å². The molecular formula is C20H29N3O2. The van der Waals surface area contributed by atoms with Gasteiger partial charge in [0.25, 0.3) is 0 Å². The summed E-state index contributed by atoms with van der Waals surface area (Å²) < 4.78 is 0. The molecule has 2 aliphatic rings. The van der Waals surface area contributed by atoms with Gasteiger partial charge in [-0.05, 0) is 43.4 Å². The molecule has 0 aromatic heterocycles. The molecule has 0 atom stereocenters. The van der Waals surface area contributed by atoms with Gasteiger partial charge in [0.15, 0.2) is 0 Å². The Morgan fingerprint density at radius 1 is 1.00 bits per heavy atom. The summed E-state index contributed by atoms with van der Waals surface area (Å²) in [6.45, 7) is 2.94. The molecule has 0 N–H and O–H groups in total. The second-order valence-electron chi connectivity index (χ2n) is 7.39. The van der Waals surface area contributed by atoms with Gasteiger partial charge in [-0.2, -0.15) is 0 Å². The van der Waals surface area contributed by atoms with E-state index < -0.39 is 0 Å². The lowest BCUT2D eigenvalue weighted by Crippen LogP contribution is -2.38. The van der Waals surface area contributed by atoms with Gasteiger partial charge in [-0.15, -0.1) is 0 Å². The zero-order valence-corrected chi connectivity index (χ0v) is 15.4. The zero-order valence-electron chi connectivity index (χ0n) is 15.4. The smallest absolute Gasteiger partial charge is 0.225 e. The molecule has 5 nitrogen and oxygen atoms in total. The van der Waals surface area contributed by atoms with Crippen molar-refractivity contribution < 1.29 is 9.59 Å². The number of hydrogen-bond acceptors (Lipinski definition) is 3. The van der Waals surface area contributed by atoms with Gasteiger partial charge >= 0.3 is 0 Å². The number of hydrogen-bond donors (Lipinski definition) is 0.